The number of aryl methyl sites for hydroxylation is 2. The number of nitrogens with zero attached hydrogens (tertiary/aromatic N) is 1. The molecule has 0 saturated carbocycles. The SMILES string of the molecule is O=C1NC(=Nc2ccccc2)SC1=Cc1cc2c(cc1Br)CCC2. The van der Waals surface area contributed by atoms with E-state index in [1.807, 2.05) is 36.4 Å². The summed E-state index contributed by atoms with van der Waals surface area (Å²) in [4.78, 5) is 17.4. The highest BCUT2D eigenvalue weighted by atomic mass is 79.9. The number of benzene rings is 2. The third-order valence-corrected chi connectivity index (χ3v) is 5.73. The molecule has 5 heteroatoms. The van der Waals surface area contributed by atoms with E-state index in [-0.39, 0.29) is 5.91 Å². The van der Waals surface area contributed by atoms with Gasteiger partial charge in [-0.3, -0.25) is 4.79 Å². The zero-order chi connectivity index (χ0) is 16.5. The number of hydrogen-bond acceptors (Lipinski definition) is 3. The summed E-state index contributed by atoms with van der Waals surface area (Å²) in [5, 5.41) is 3.46. The van der Waals surface area contributed by atoms with Crippen LogP contribution in [-0.4, -0.2) is 11.1 Å². The highest BCUT2D eigenvalue weighted by Gasteiger charge is 2.24. The van der Waals surface area contributed by atoms with Crippen molar-refractivity contribution in [1.82, 2.24) is 5.32 Å². The van der Waals surface area contributed by atoms with E-state index in [0.29, 0.717) is 10.1 Å². The summed E-state index contributed by atoms with van der Waals surface area (Å²) in [5.74, 6) is -0.0953. The van der Waals surface area contributed by atoms with Crippen molar-refractivity contribution in [3.05, 3.63) is 68.5 Å². The van der Waals surface area contributed by atoms with Crippen LogP contribution in [0.1, 0.15) is 23.1 Å². The van der Waals surface area contributed by atoms with Crippen molar-refractivity contribution >= 4 is 50.5 Å². The lowest BCUT2D eigenvalue weighted by atomic mass is 10.1. The molecule has 1 amide bonds. The number of carbonyl (C=O) groups is 1. The van der Waals surface area contributed by atoms with Gasteiger partial charge in [0.2, 0.25) is 0 Å². The van der Waals surface area contributed by atoms with Gasteiger partial charge < -0.3 is 5.32 Å². The standard InChI is InChI=1S/C19H15BrN2OS/c20-16-10-13-6-4-5-12(13)9-14(16)11-17-18(23)22-19(24-17)21-15-7-2-1-3-8-15/h1-3,7-11H,4-6H2,(H,21,22,23). The van der Waals surface area contributed by atoms with Gasteiger partial charge in [0.05, 0.1) is 10.6 Å². The van der Waals surface area contributed by atoms with Crippen LogP contribution < -0.4 is 5.32 Å². The summed E-state index contributed by atoms with van der Waals surface area (Å²) in [6.07, 6.45) is 5.42. The molecule has 0 spiro atoms. The average molecular weight is 399 g/mol. The third kappa shape index (κ3) is 3.19. The van der Waals surface area contributed by atoms with Crippen LogP contribution in [0.3, 0.4) is 0 Å². The normalized spacial score (nSPS) is 19.8. The van der Waals surface area contributed by atoms with Crippen molar-refractivity contribution in [1.29, 1.82) is 0 Å². The number of thioether (sulfide) groups is 1. The molecule has 4 rings (SSSR count). The van der Waals surface area contributed by atoms with Crippen LogP contribution in [0, 0.1) is 0 Å². The van der Waals surface area contributed by atoms with E-state index in [2.05, 4.69) is 38.4 Å². The van der Waals surface area contributed by atoms with E-state index < -0.39 is 0 Å². The average Bonchev–Trinajstić information content (AvgIpc) is 3.15. The van der Waals surface area contributed by atoms with Crippen LogP contribution in [-0.2, 0) is 17.6 Å². The Morgan fingerprint density at radius 1 is 1.12 bits per heavy atom. The zero-order valence-corrected chi connectivity index (χ0v) is 15.3. The van der Waals surface area contributed by atoms with E-state index in [1.54, 1.807) is 0 Å². The minimum atomic E-state index is -0.0953. The molecule has 120 valence electrons. The maximum atomic E-state index is 12.2. The van der Waals surface area contributed by atoms with Crippen molar-refractivity contribution in [2.45, 2.75) is 19.3 Å². The maximum absolute atomic E-state index is 12.2. The Kier molecular flexibility index (Phi) is 4.29. The minimum Gasteiger partial charge on any atom is -0.300 e. The maximum Gasteiger partial charge on any atom is 0.264 e. The Bertz CT molecular complexity index is 874. The number of nitrogens with one attached hydrogen (secondary N) is 1. The number of halogens is 1. The largest absolute Gasteiger partial charge is 0.300 e. The van der Waals surface area contributed by atoms with Gasteiger partial charge in [0.1, 0.15) is 0 Å². The second kappa shape index (κ2) is 6.57. The summed E-state index contributed by atoms with van der Waals surface area (Å²) < 4.78 is 1.04. The fourth-order valence-corrected chi connectivity index (χ4v) is 4.30. The number of carbonyl (C=O) groups excluding carboxylic acids is 1. The quantitative estimate of drug-likeness (QED) is 0.735. The van der Waals surface area contributed by atoms with E-state index in [1.165, 1.54) is 29.3 Å². The van der Waals surface area contributed by atoms with Gasteiger partial charge in [0.25, 0.3) is 5.91 Å². The molecule has 2 aliphatic rings. The summed E-state index contributed by atoms with van der Waals surface area (Å²) in [5.41, 5.74) is 4.69. The van der Waals surface area contributed by atoms with Gasteiger partial charge in [0.15, 0.2) is 5.17 Å². The molecule has 1 aliphatic carbocycles. The third-order valence-electron chi connectivity index (χ3n) is 4.14. The van der Waals surface area contributed by atoms with Gasteiger partial charge in [-0.05, 0) is 72.0 Å². The lowest BCUT2D eigenvalue weighted by molar-refractivity contribution is -0.115. The van der Waals surface area contributed by atoms with E-state index in [4.69, 9.17) is 0 Å². The summed E-state index contributed by atoms with van der Waals surface area (Å²) in [6.45, 7) is 0. The molecule has 3 nitrogen and oxygen atoms in total. The fraction of sp³-hybridized carbons (Fsp3) is 0.158. The minimum absolute atomic E-state index is 0.0953. The molecule has 0 radical (unpaired) electrons. The van der Waals surface area contributed by atoms with Crippen molar-refractivity contribution in [3.63, 3.8) is 0 Å². The summed E-state index contributed by atoms with van der Waals surface area (Å²) in [6, 6.07) is 14.0. The fourth-order valence-electron chi connectivity index (χ4n) is 2.97. The Balaban J connectivity index is 1.62. The van der Waals surface area contributed by atoms with Crippen molar-refractivity contribution in [2.24, 2.45) is 4.99 Å². The predicted octanol–water partition coefficient (Wildman–Crippen LogP) is 4.83. The summed E-state index contributed by atoms with van der Waals surface area (Å²) >= 11 is 5.01. The molecular formula is C19H15BrN2OS. The number of amides is 1. The number of para-hydroxylation sites is 1. The second-order valence-electron chi connectivity index (χ2n) is 5.81. The number of aliphatic imine (C=N–C) groups is 1. The first-order valence-electron chi connectivity index (χ1n) is 7.85. The molecule has 1 heterocycles. The molecule has 0 aromatic heterocycles. The Labute approximate surface area is 153 Å². The van der Waals surface area contributed by atoms with E-state index >= 15 is 0 Å². The van der Waals surface area contributed by atoms with E-state index in [0.717, 1.165) is 28.6 Å². The van der Waals surface area contributed by atoms with Crippen LogP contribution in [0.4, 0.5) is 5.69 Å². The van der Waals surface area contributed by atoms with Gasteiger partial charge in [-0.15, -0.1) is 0 Å². The highest BCUT2D eigenvalue weighted by Crippen LogP contribution is 2.33. The Morgan fingerprint density at radius 3 is 2.67 bits per heavy atom. The Morgan fingerprint density at radius 2 is 1.88 bits per heavy atom. The van der Waals surface area contributed by atoms with Gasteiger partial charge in [-0.2, -0.15) is 0 Å². The molecule has 1 aliphatic heterocycles. The van der Waals surface area contributed by atoms with Crippen LogP contribution >= 0.6 is 27.7 Å². The molecule has 2 aromatic carbocycles. The van der Waals surface area contributed by atoms with Crippen molar-refractivity contribution in [3.8, 4) is 0 Å². The van der Waals surface area contributed by atoms with Crippen LogP contribution in [0.25, 0.3) is 6.08 Å². The smallest absolute Gasteiger partial charge is 0.264 e. The topological polar surface area (TPSA) is 41.5 Å². The van der Waals surface area contributed by atoms with Gasteiger partial charge in [0, 0.05) is 4.47 Å². The molecule has 0 bridgehead atoms. The number of amidine groups is 1. The van der Waals surface area contributed by atoms with Crippen molar-refractivity contribution in [2.75, 3.05) is 0 Å². The highest BCUT2D eigenvalue weighted by molar-refractivity contribution is 9.10. The second-order valence-corrected chi connectivity index (χ2v) is 7.70. The summed E-state index contributed by atoms with van der Waals surface area (Å²) in [7, 11) is 0. The zero-order valence-electron chi connectivity index (χ0n) is 12.9. The van der Waals surface area contributed by atoms with Gasteiger partial charge in [-0.25, -0.2) is 4.99 Å². The lowest BCUT2D eigenvalue weighted by Gasteiger charge is -2.05. The van der Waals surface area contributed by atoms with Gasteiger partial charge >= 0.3 is 0 Å². The van der Waals surface area contributed by atoms with Crippen LogP contribution in [0.15, 0.2) is 56.8 Å². The molecule has 1 fully saturated rings. The van der Waals surface area contributed by atoms with Crippen LogP contribution in [0.5, 0.6) is 0 Å². The first kappa shape index (κ1) is 15.7. The number of hydrogen-bond donors (Lipinski definition) is 1. The number of rotatable bonds is 2. The molecule has 1 saturated heterocycles. The predicted molar refractivity (Wildman–Crippen MR) is 103 cm³/mol. The molecule has 0 atom stereocenters. The Hall–Kier alpha value is -1.85. The molecule has 2 aromatic rings. The first-order valence-corrected chi connectivity index (χ1v) is 9.46. The molecule has 1 N–H and O–H groups in total. The molecular weight excluding hydrogens is 384 g/mol. The molecule has 24 heavy (non-hydrogen) atoms. The number of fused-ring (bicyclic) bond motifs is 1. The van der Waals surface area contributed by atoms with Crippen LogP contribution in [0.2, 0.25) is 0 Å². The molecule has 0 unspecified atom stereocenters. The monoisotopic (exact) mass is 398 g/mol. The lowest BCUT2D eigenvalue weighted by Crippen LogP contribution is -2.19. The first-order chi connectivity index (χ1) is 11.7. The van der Waals surface area contributed by atoms with Crippen molar-refractivity contribution < 1.29 is 4.79 Å². The van der Waals surface area contributed by atoms with Gasteiger partial charge in [-0.1, -0.05) is 40.2 Å². The van der Waals surface area contributed by atoms with E-state index in [9.17, 15) is 4.79 Å².